The Kier molecular flexibility index (Phi) is 4.49. The van der Waals surface area contributed by atoms with Crippen LogP contribution in [0.1, 0.15) is 15.9 Å². The summed E-state index contributed by atoms with van der Waals surface area (Å²) in [6.45, 7) is 1.95. The zero-order valence-electron chi connectivity index (χ0n) is 14.4. The molecular formula is C20H18N2O4. The highest BCUT2D eigenvalue weighted by molar-refractivity contribution is 6.08. The van der Waals surface area contributed by atoms with Gasteiger partial charge in [-0.1, -0.05) is 35.9 Å². The van der Waals surface area contributed by atoms with E-state index in [9.17, 15) is 14.7 Å². The lowest BCUT2D eigenvalue weighted by molar-refractivity contribution is 0.0998. The molecule has 0 fully saturated rings. The summed E-state index contributed by atoms with van der Waals surface area (Å²) in [6.07, 6.45) is -0.570. The Bertz CT molecular complexity index is 997. The number of hydrogen-bond donors (Lipinski definition) is 2. The Labute approximate surface area is 150 Å². The van der Waals surface area contributed by atoms with Gasteiger partial charge in [0, 0.05) is 17.8 Å². The van der Waals surface area contributed by atoms with Crippen LogP contribution in [0.25, 0.3) is 10.8 Å². The molecule has 0 aliphatic carbocycles. The molecule has 132 valence electrons. The highest BCUT2D eigenvalue weighted by Gasteiger charge is 2.18. The molecule has 0 bridgehead atoms. The third-order valence-corrected chi connectivity index (χ3v) is 4.14. The predicted octanol–water partition coefficient (Wildman–Crippen LogP) is 3.59. The SMILES string of the molecule is Cc1ccc(OC(=O)N(C)c2cccc3c(O)c(C(N)=O)ccc23)cc1. The van der Waals surface area contributed by atoms with E-state index in [0.29, 0.717) is 22.2 Å². The number of fused-ring (bicyclic) bond motifs is 1. The molecule has 2 amide bonds. The van der Waals surface area contributed by atoms with Crippen LogP contribution < -0.4 is 15.4 Å². The van der Waals surface area contributed by atoms with Crippen LogP contribution in [-0.2, 0) is 0 Å². The molecule has 0 aliphatic rings. The lowest BCUT2D eigenvalue weighted by Crippen LogP contribution is -2.29. The summed E-state index contributed by atoms with van der Waals surface area (Å²) in [5.41, 5.74) is 6.89. The molecule has 0 unspecified atom stereocenters. The molecule has 0 atom stereocenters. The fraction of sp³-hybridized carbons (Fsp3) is 0.100. The number of rotatable bonds is 3. The van der Waals surface area contributed by atoms with Gasteiger partial charge in [0.2, 0.25) is 0 Å². The third kappa shape index (κ3) is 3.17. The lowest BCUT2D eigenvalue weighted by Gasteiger charge is -2.19. The van der Waals surface area contributed by atoms with Crippen molar-refractivity contribution >= 4 is 28.5 Å². The smallest absolute Gasteiger partial charge is 0.419 e. The summed E-state index contributed by atoms with van der Waals surface area (Å²) < 4.78 is 5.38. The van der Waals surface area contributed by atoms with Gasteiger partial charge >= 0.3 is 6.09 Å². The number of carbonyl (C=O) groups excluding carboxylic acids is 2. The van der Waals surface area contributed by atoms with Crippen molar-refractivity contribution in [3.63, 3.8) is 0 Å². The predicted molar refractivity (Wildman–Crippen MR) is 99.7 cm³/mol. The molecule has 3 N–H and O–H groups in total. The number of phenols is 1. The van der Waals surface area contributed by atoms with Crippen molar-refractivity contribution < 1.29 is 19.4 Å². The van der Waals surface area contributed by atoms with Crippen molar-refractivity contribution in [2.24, 2.45) is 5.73 Å². The topological polar surface area (TPSA) is 92.9 Å². The highest BCUT2D eigenvalue weighted by atomic mass is 16.6. The van der Waals surface area contributed by atoms with Gasteiger partial charge in [0.15, 0.2) is 0 Å². The maximum absolute atomic E-state index is 12.5. The van der Waals surface area contributed by atoms with Gasteiger partial charge in [-0.3, -0.25) is 9.69 Å². The minimum atomic E-state index is -0.720. The van der Waals surface area contributed by atoms with E-state index < -0.39 is 12.0 Å². The number of anilines is 1. The van der Waals surface area contributed by atoms with Gasteiger partial charge < -0.3 is 15.6 Å². The molecule has 0 heterocycles. The first-order valence-electron chi connectivity index (χ1n) is 7.95. The van der Waals surface area contributed by atoms with E-state index in [1.807, 2.05) is 19.1 Å². The maximum Gasteiger partial charge on any atom is 0.419 e. The standard InChI is InChI=1S/C20H18N2O4/c1-12-6-8-13(9-7-12)26-20(25)22(2)17-5-3-4-15-14(17)10-11-16(18(15)23)19(21)24/h3-11,23H,1-2H3,(H2,21,24). The second kappa shape index (κ2) is 6.76. The first-order valence-corrected chi connectivity index (χ1v) is 7.95. The number of ether oxygens (including phenoxy) is 1. The summed E-state index contributed by atoms with van der Waals surface area (Å²) in [6, 6.07) is 15.3. The average Bonchev–Trinajstić information content (AvgIpc) is 2.62. The summed E-state index contributed by atoms with van der Waals surface area (Å²) in [7, 11) is 1.57. The second-order valence-electron chi connectivity index (χ2n) is 5.94. The molecule has 0 saturated heterocycles. The van der Waals surface area contributed by atoms with E-state index in [-0.39, 0.29) is 11.3 Å². The molecule has 0 aromatic heterocycles. The summed E-state index contributed by atoms with van der Waals surface area (Å²) in [5, 5.41) is 11.3. The van der Waals surface area contributed by atoms with Crippen molar-refractivity contribution in [3.05, 3.63) is 65.7 Å². The summed E-state index contributed by atoms with van der Waals surface area (Å²) in [5.74, 6) is -0.495. The average molecular weight is 350 g/mol. The zero-order valence-corrected chi connectivity index (χ0v) is 14.4. The molecule has 0 aliphatic heterocycles. The molecule has 3 aromatic carbocycles. The van der Waals surface area contributed by atoms with Crippen LogP contribution in [0.4, 0.5) is 10.5 Å². The quantitative estimate of drug-likeness (QED) is 0.755. The molecule has 0 radical (unpaired) electrons. The lowest BCUT2D eigenvalue weighted by atomic mass is 10.0. The number of benzene rings is 3. The molecule has 26 heavy (non-hydrogen) atoms. The van der Waals surface area contributed by atoms with Gasteiger partial charge in [-0.2, -0.15) is 0 Å². The first-order chi connectivity index (χ1) is 12.4. The number of primary amides is 1. The Balaban J connectivity index is 1.96. The number of carbonyl (C=O) groups is 2. The van der Waals surface area contributed by atoms with Crippen molar-refractivity contribution in [1.29, 1.82) is 0 Å². The van der Waals surface area contributed by atoms with Crippen LogP contribution in [0.2, 0.25) is 0 Å². The Morgan fingerprint density at radius 1 is 1.00 bits per heavy atom. The normalized spacial score (nSPS) is 10.5. The summed E-state index contributed by atoms with van der Waals surface area (Å²) >= 11 is 0. The van der Waals surface area contributed by atoms with E-state index in [2.05, 4.69) is 0 Å². The van der Waals surface area contributed by atoms with Crippen LogP contribution in [0.5, 0.6) is 11.5 Å². The second-order valence-corrected chi connectivity index (χ2v) is 5.94. The highest BCUT2D eigenvalue weighted by Crippen LogP contribution is 2.34. The van der Waals surface area contributed by atoms with Gasteiger partial charge in [0.1, 0.15) is 11.5 Å². The minimum absolute atomic E-state index is 0.0273. The molecule has 6 heteroatoms. The minimum Gasteiger partial charge on any atom is -0.506 e. The van der Waals surface area contributed by atoms with Gasteiger partial charge in [-0.25, -0.2) is 4.79 Å². The van der Waals surface area contributed by atoms with Crippen LogP contribution in [0.3, 0.4) is 0 Å². The molecule has 3 aromatic rings. The molecule has 6 nitrogen and oxygen atoms in total. The monoisotopic (exact) mass is 350 g/mol. The van der Waals surface area contributed by atoms with Crippen LogP contribution in [-0.4, -0.2) is 24.2 Å². The molecule has 3 rings (SSSR count). The van der Waals surface area contributed by atoms with Crippen molar-refractivity contribution in [2.75, 3.05) is 11.9 Å². The molecule has 0 spiro atoms. The largest absolute Gasteiger partial charge is 0.506 e. The van der Waals surface area contributed by atoms with Crippen molar-refractivity contribution in [2.45, 2.75) is 6.92 Å². The number of aromatic hydroxyl groups is 1. The molecule has 0 saturated carbocycles. The van der Waals surface area contributed by atoms with E-state index in [0.717, 1.165) is 5.56 Å². The van der Waals surface area contributed by atoms with E-state index >= 15 is 0 Å². The molecular weight excluding hydrogens is 332 g/mol. The van der Waals surface area contributed by atoms with Crippen LogP contribution >= 0.6 is 0 Å². The van der Waals surface area contributed by atoms with Crippen molar-refractivity contribution in [3.8, 4) is 11.5 Å². The summed E-state index contributed by atoms with van der Waals surface area (Å²) in [4.78, 5) is 25.2. The van der Waals surface area contributed by atoms with E-state index in [1.54, 1.807) is 43.4 Å². The van der Waals surface area contributed by atoms with Crippen molar-refractivity contribution in [1.82, 2.24) is 0 Å². The van der Waals surface area contributed by atoms with Crippen LogP contribution in [0, 0.1) is 6.92 Å². The number of hydrogen-bond acceptors (Lipinski definition) is 4. The zero-order chi connectivity index (χ0) is 18.8. The van der Waals surface area contributed by atoms with E-state index in [1.165, 1.54) is 11.0 Å². The number of nitrogens with zero attached hydrogens (tertiary/aromatic N) is 1. The fourth-order valence-corrected chi connectivity index (χ4v) is 2.69. The van der Waals surface area contributed by atoms with Gasteiger partial charge in [-0.15, -0.1) is 0 Å². The van der Waals surface area contributed by atoms with Crippen LogP contribution in [0.15, 0.2) is 54.6 Å². The van der Waals surface area contributed by atoms with Gasteiger partial charge in [-0.05, 0) is 31.2 Å². The third-order valence-electron chi connectivity index (χ3n) is 4.14. The van der Waals surface area contributed by atoms with Gasteiger partial charge in [0.25, 0.3) is 5.91 Å². The fourth-order valence-electron chi connectivity index (χ4n) is 2.69. The van der Waals surface area contributed by atoms with E-state index in [4.69, 9.17) is 10.5 Å². The number of amides is 2. The number of nitrogens with two attached hydrogens (primary N) is 1. The maximum atomic E-state index is 12.5. The Morgan fingerprint density at radius 2 is 1.69 bits per heavy atom. The Hall–Kier alpha value is -3.54. The first kappa shape index (κ1) is 17.3. The Morgan fingerprint density at radius 3 is 2.35 bits per heavy atom. The van der Waals surface area contributed by atoms with Gasteiger partial charge in [0.05, 0.1) is 11.3 Å². The number of aryl methyl sites for hydroxylation is 1.